The van der Waals surface area contributed by atoms with Crippen LogP contribution < -0.4 is 0 Å². The van der Waals surface area contributed by atoms with Crippen molar-refractivity contribution in [3.05, 3.63) is 42.2 Å². The third-order valence-corrected chi connectivity index (χ3v) is 4.17. The highest BCUT2D eigenvalue weighted by atomic mass is 16.3. The standard InChI is InChI=1S/C16H19N3O2/c20-15(12-7-3-1-4-8-12)16(21)14-11-17-18-19(14)13-9-5-2-6-10-13/h2,5-6,9-12,15,20H,1,3-4,7-8H2. The van der Waals surface area contributed by atoms with E-state index >= 15 is 0 Å². The van der Waals surface area contributed by atoms with Gasteiger partial charge in [-0.15, -0.1) is 5.10 Å². The molecule has 5 heteroatoms. The topological polar surface area (TPSA) is 68.0 Å². The molecular weight excluding hydrogens is 266 g/mol. The summed E-state index contributed by atoms with van der Waals surface area (Å²) in [6, 6.07) is 9.38. The van der Waals surface area contributed by atoms with Gasteiger partial charge in [0, 0.05) is 0 Å². The summed E-state index contributed by atoms with van der Waals surface area (Å²) < 4.78 is 1.49. The quantitative estimate of drug-likeness (QED) is 0.876. The predicted octanol–water partition coefficient (Wildman–Crippen LogP) is 2.39. The summed E-state index contributed by atoms with van der Waals surface area (Å²) >= 11 is 0. The van der Waals surface area contributed by atoms with Crippen LogP contribution in [0.5, 0.6) is 0 Å². The summed E-state index contributed by atoms with van der Waals surface area (Å²) in [6.45, 7) is 0. The average molecular weight is 285 g/mol. The van der Waals surface area contributed by atoms with Gasteiger partial charge in [0.1, 0.15) is 11.8 Å². The van der Waals surface area contributed by atoms with Crippen molar-refractivity contribution in [3.63, 3.8) is 0 Å². The lowest BCUT2D eigenvalue weighted by atomic mass is 9.83. The number of aromatic nitrogens is 3. The molecule has 2 aromatic rings. The van der Waals surface area contributed by atoms with E-state index < -0.39 is 6.10 Å². The van der Waals surface area contributed by atoms with E-state index in [9.17, 15) is 9.90 Å². The Labute approximate surface area is 123 Å². The molecule has 1 atom stereocenters. The molecule has 1 unspecified atom stereocenters. The molecule has 21 heavy (non-hydrogen) atoms. The Kier molecular flexibility index (Phi) is 4.10. The van der Waals surface area contributed by atoms with E-state index in [0.29, 0.717) is 5.69 Å². The molecule has 0 aliphatic heterocycles. The molecule has 0 amide bonds. The second kappa shape index (κ2) is 6.18. The van der Waals surface area contributed by atoms with Gasteiger partial charge >= 0.3 is 0 Å². The maximum absolute atomic E-state index is 12.5. The van der Waals surface area contributed by atoms with Gasteiger partial charge in [-0.2, -0.15) is 0 Å². The van der Waals surface area contributed by atoms with E-state index in [1.165, 1.54) is 17.3 Å². The number of benzene rings is 1. The van der Waals surface area contributed by atoms with Crippen molar-refractivity contribution in [1.29, 1.82) is 0 Å². The minimum atomic E-state index is -0.953. The lowest BCUT2D eigenvalue weighted by Crippen LogP contribution is -2.32. The first-order chi connectivity index (χ1) is 10.3. The third-order valence-electron chi connectivity index (χ3n) is 4.17. The van der Waals surface area contributed by atoms with Gasteiger partial charge in [0.05, 0.1) is 11.9 Å². The Hall–Kier alpha value is -2.01. The number of nitrogens with zero attached hydrogens (tertiary/aromatic N) is 3. The van der Waals surface area contributed by atoms with Gasteiger partial charge in [0.15, 0.2) is 0 Å². The number of ketones is 1. The minimum absolute atomic E-state index is 0.0605. The number of rotatable bonds is 4. The second-order valence-corrected chi connectivity index (χ2v) is 5.57. The molecule has 1 aromatic heterocycles. The molecule has 0 saturated heterocycles. The molecule has 110 valence electrons. The van der Waals surface area contributed by atoms with Crippen molar-refractivity contribution in [1.82, 2.24) is 15.0 Å². The van der Waals surface area contributed by atoms with Crippen LogP contribution in [-0.4, -0.2) is 32.0 Å². The van der Waals surface area contributed by atoms with Crippen LogP contribution in [0.3, 0.4) is 0 Å². The summed E-state index contributed by atoms with van der Waals surface area (Å²) in [5, 5.41) is 18.2. The molecule has 1 aliphatic carbocycles. The zero-order chi connectivity index (χ0) is 14.7. The molecule has 1 fully saturated rings. The number of carbonyl (C=O) groups is 1. The Morgan fingerprint density at radius 2 is 1.90 bits per heavy atom. The highest BCUT2D eigenvalue weighted by molar-refractivity contribution is 5.98. The monoisotopic (exact) mass is 285 g/mol. The van der Waals surface area contributed by atoms with Crippen molar-refractivity contribution in [2.45, 2.75) is 38.2 Å². The molecule has 3 rings (SSSR count). The van der Waals surface area contributed by atoms with E-state index in [4.69, 9.17) is 0 Å². The van der Waals surface area contributed by atoms with E-state index in [-0.39, 0.29) is 11.7 Å². The van der Waals surface area contributed by atoms with Gasteiger partial charge in [-0.05, 0) is 30.9 Å². The van der Waals surface area contributed by atoms with E-state index in [1.54, 1.807) is 0 Å². The molecule has 1 saturated carbocycles. The zero-order valence-electron chi connectivity index (χ0n) is 11.9. The second-order valence-electron chi connectivity index (χ2n) is 5.57. The number of Topliss-reactive ketones (excluding diaryl/α,β-unsaturated/α-hetero) is 1. The fourth-order valence-corrected chi connectivity index (χ4v) is 2.98. The molecule has 1 heterocycles. The van der Waals surface area contributed by atoms with Crippen molar-refractivity contribution in [2.24, 2.45) is 5.92 Å². The van der Waals surface area contributed by atoms with Crippen molar-refractivity contribution in [3.8, 4) is 5.69 Å². The Bertz CT molecular complexity index is 603. The Morgan fingerprint density at radius 1 is 1.19 bits per heavy atom. The van der Waals surface area contributed by atoms with Crippen LogP contribution in [0, 0.1) is 5.92 Å². The first-order valence-corrected chi connectivity index (χ1v) is 7.46. The summed E-state index contributed by atoms with van der Waals surface area (Å²) in [5.74, 6) is -0.221. The van der Waals surface area contributed by atoms with Gasteiger partial charge < -0.3 is 5.11 Å². The lowest BCUT2D eigenvalue weighted by molar-refractivity contribution is 0.0526. The molecule has 5 nitrogen and oxygen atoms in total. The molecule has 1 aromatic carbocycles. The number of carbonyl (C=O) groups excluding carboxylic acids is 1. The fourth-order valence-electron chi connectivity index (χ4n) is 2.98. The van der Waals surface area contributed by atoms with Crippen molar-refractivity contribution >= 4 is 5.78 Å². The van der Waals surface area contributed by atoms with Gasteiger partial charge in [0.25, 0.3) is 0 Å². The highest BCUT2D eigenvalue weighted by Crippen LogP contribution is 2.28. The van der Waals surface area contributed by atoms with Crippen LogP contribution in [0.2, 0.25) is 0 Å². The summed E-state index contributed by atoms with van der Waals surface area (Å²) in [4.78, 5) is 12.5. The SMILES string of the molecule is O=C(c1cnnn1-c1ccccc1)C(O)C1CCCCC1. The first-order valence-electron chi connectivity index (χ1n) is 7.46. The molecule has 0 bridgehead atoms. The van der Waals surface area contributed by atoms with Gasteiger partial charge in [-0.25, -0.2) is 4.68 Å². The van der Waals surface area contributed by atoms with E-state index in [1.807, 2.05) is 30.3 Å². The van der Waals surface area contributed by atoms with Crippen LogP contribution in [-0.2, 0) is 0 Å². The summed E-state index contributed by atoms with van der Waals surface area (Å²) in [6.07, 6.45) is 5.68. The molecule has 0 radical (unpaired) electrons. The van der Waals surface area contributed by atoms with Crippen molar-refractivity contribution in [2.75, 3.05) is 0 Å². The number of hydrogen-bond acceptors (Lipinski definition) is 4. The number of aliphatic hydroxyl groups is 1. The maximum atomic E-state index is 12.5. The minimum Gasteiger partial charge on any atom is -0.385 e. The predicted molar refractivity (Wildman–Crippen MR) is 78.3 cm³/mol. The van der Waals surface area contributed by atoms with Crippen LogP contribution >= 0.6 is 0 Å². The molecule has 0 spiro atoms. The van der Waals surface area contributed by atoms with Crippen molar-refractivity contribution < 1.29 is 9.90 Å². The largest absolute Gasteiger partial charge is 0.385 e. The average Bonchev–Trinajstić information content (AvgIpc) is 3.04. The smallest absolute Gasteiger partial charge is 0.211 e. The number of aliphatic hydroxyl groups excluding tert-OH is 1. The van der Waals surface area contributed by atoms with E-state index in [0.717, 1.165) is 31.4 Å². The van der Waals surface area contributed by atoms with Crippen LogP contribution in [0.4, 0.5) is 0 Å². The third kappa shape index (κ3) is 2.88. The van der Waals surface area contributed by atoms with Gasteiger partial charge in [-0.1, -0.05) is 42.7 Å². The van der Waals surface area contributed by atoms with Gasteiger partial charge in [0.2, 0.25) is 5.78 Å². The number of para-hydroxylation sites is 1. The van der Waals surface area contributed by atoms with E-state index in [2.05, 4.69) is 10.3 Å². The summed E-state index contributed by atoms with van der Waals surface area (Å²) in [7, 11) is 0. The Balaban J connectivity index is 1.84. The van der Waals surface area contributed by atoms with Gasteiger partial charge in [-0.3, -0.25) is 4.79 Å². The van der Waals surface area contributed by atoms with Crippen LogP contribution in [0.25, 0.3) is 5.69 Å². The maximum Gasteiger partial charge on any atom is 0.211 e. The Morgan fingerprint density at radius 3 is 2.62 bits per heavy atom. The molecule has 1 aliphatic rings. The highest BCUT2D eigenvalue weighted by Gasteiger charge is 2.30. The van der Waals surface area contributed by atoms with Crippen LogP contribution in [0.1, 0.15) is 42.6 Å². The molecule has 1 N–H and O–H groups in total. The lowest BCUT2D eigenvalue weighted by Gasteiger charge is -2.25. The normalized spacial score (nSPS) is 17.6. The van der Waals surface area contributed by atoms with Crippen LogP contribution in [0.15, 0.2) is 36.5 Å². The summed E-state index contributed by atoms with van der Waals surface area (Å²) in [5.41, 5.74) is 1.12. The zero-order valence-corrected chi connectivity index (χ0v) is 11.9. The molecular formula is C16H19N3O2. The number of hydrogen-bond donors (Lipinski definition) is 1. The first kappa shape index (κ1) is 13.9. The fraction of sp³-hybridized carbons (Fsp3) is 0.438.